The number of carbonyl (C=O) groups excluding carboxylic acids is 1. The summed E-state index contributed by atoms with van der Waals surface area (Å²) in [5.74, 6) is 0.145. The molecule has 0 spiro atoms. The number of hydrogen-bond donors (Lipinski definition) is 1. The van der Waals surface area contributed by atoms with Crippen LogP contribution in [-0.4, -0.2) is 47.8 Å². The molecular weight excluding hydrogens is 278 g/mol. The maximum atomic E-state index is 13.0. The summed E-state index contributed by atoms with van der Waals surface area (Å²) in [6.45, 7) is 5.95. The molecule has 3 rings (SSSR count). The van der Waals surface area contributed by atoms with Crippen LogP contribution in [-0.2, 0) is 4.74 Å². The Balaban J connectivity index is 1.83. The van der Waals surface area contributed by atoms with E-state index in [2.05, 4.69) is 0 Å². The van der Waals surface area contributed by atoms with Crippen LogP contribution in [0.3, 0.4) is 0 Å². The summed E-state index contributed by atoms with van der Waals surface area (Å²) in [5, 5.41) is 10.3. The van der Waals surface area contributed by atoms with Crippen LogP contribution in [0.1, 0.15) is 40.7 Å². The molecular formula is C18H25NO3. The lowest BCUT2D eigenvalue weighted by Crippen LogP contribution is -2.48. The Bertz CT molecular complexity index is 557. The lowest BCUT2D eigenvalue weighted by molar-refractivity contribution is -0.0589. The van der Waals surface area contributed by atoms with Gasteiger partial charge in [0.2, 0.25) is 0 Å². The van der Waals surface area contributed by atoms with Crippen LogP contribution >= 0.6 is 0 Å². The molecule has 0 bridgehead atoms. The van der Waals surface area contributed by atoms with Crippen LogP contribution in [0.25, 0.3) is 0 Å². The summed E-state index contributed by atoms with van der Waals surface area (Å²) in [5.41, 5.74) is 2.91. The summed E-state index contributed by atoms with van der Waals surface area (Å²) in [6, 6.07) is 6.11. The zero-order valence-electron chi connectivity index (χ0n) is 13.4. The first-order valence-electron chi connectivity index (χ1n) is 8.22. The fourth-order valence-corrected chi connectivity index (χ4v) is 3.73. The zero-order valence-corrected chi connectivity index (χ0v) is 13.4. The highest BCUT2D eigenvalue weighted by atomic mass is 16.5. The number of aliphatic hydroxyl groups excluding tert-OH is 1. The maximum absolute atomic E-state index is 13.0. The van der Waals surface area contributed by atoms with Crippen LogP contribution in [0, 0.1) is 19.8 Å². The molecule has 120 valence electrons. The van der Waals surface area contributed by atoms with Gasteiger partial charge < -0.3 is 14.7 Å². The lowest BCUT2D eigenvalue weighted by Gasteiger charge is -2.37. The number of ether oxygens (including phenoxy) is 1. The number of benzene rings is 1. The van der Waals surface area contributed by atoms with Crippen LogP contribution in [0.5, 0.6) is 0 Å². The summed E-state index contributed by atoms with van der Waals surface area (Å²) >= 11 is 0. The summed E-state index contributed by atoms with van der Waals surface area (Å²) in [6.07, 6.45) is 2.28. The molecule has 2 saturated heterocycles. The Morgan fingerprint density at radius 2 is 2.14 bits per heavy atom. The molecule has 1 aromatic rings. The SMILES string of the molecule is Cc1ccc(C)c(C(=O)N2CCC[C@@H]2[C@H]2COCC[C@@H]2O)c1. The molecule has 4 nitrogen and oxygen atoms in total. The van der Waals surface area contributed by atoms with Crippen molar-refractivity contribution >= 4 is 5.91 Å². The Morgan fingerprint density at radius 1 is 1.32 bits per heavy atom. The van der Waals surface area contributed by atoms with Gasteiger partial charge in [-0.3, -0.25) is 4.79 Å². The average Bonchev–Trinajstić information content (AvgIpc) is 2.99. The minimum absolute atomic E-state index is 0.0466. The van der Waals surface area contributed by atoms with Crippen molar-refractivity contribution in [1.82, 2.24) is 4.90 Å². The van der Waals surface area contributed by atoms with Crippen molar-refractivity contribution in [2.75, 3.05) is 19.8 Å². The molecule has 2 aliphatic heterocycles. The van der Waals surface area contributed by atoms with Gasteiger partial charge in [0.25, 0.3) is 5.91 Å². The Kier molecular flexibility index (Phi) is 4.50. The number of rotatable bonds is 2. The van der Waals surface area contributed by atoms with E-state index in [1.54, 1.807) is 0 Å². The van der Waals surface area contributed by atoms with E-state index in [1.807, 2.05) is 36.9 Å². The minimum Gasteiger partial charge on any atom is -0.393 e. The van der Waals surface area contributed by atoms with Crippen LogP contribution in [0.4, 0.5) is 0 Å². The summed E-state index contributed by atoms with van der Waals surface area (Å²) < 4.78 is 5.54. The highest BCUT2D eigenvalue weighted by Crippen LogP contribution is 2.31. The van der Waals surface area contributed by atoms with E-state index in [1.165, 1.54) is 0 Å². The first kappa shape index (κ1) is 15.5. The van der Waals surface area contributed by atoms with E-state index in [0.717, 1.165) is 36.1 Å². The van der Waals surface area contributed by atoms with Gasteiger partial charge in [-0.15, -0.1) is 0 Å². The highest BCUT2D eigenvalue weighted by molar-refractivity contribution is 5.96. The number of aryl methyl sites for hydroxylation is 2. The molecule has 1 N–H and O–H groups in total. The molecule has 0 unspecified atom stereocenters. The lowest BCUT2D eigenvalue weighted by atomic mass is 9.89. The molecule has 0 aliphatic carbocycles. The van der Waals surface area contributed by atoms with Crippen molar-refractivity contribution in [3.05, 3.63) is 34.9 Å². The second-order valence-corrected chi connectivity index (χ2v) is 6.62. The zero-order chi connectivity index (χ0) is 15.7. The van der Waals surface area contributed by atoms with Gasteiger partial charge in [-0.25, -0.2) is 0 Å². The van der Waals surface area contributed by atoms with Crippen LogP contribution in [0.15, 0.2) is 18.2 Å². The molecule has 2 fully saturated rings. The van der Waals surface area contributed by atoms with Crippen molar-refractivity contribution in [1.29, 1.82) is 0 Å². The second-order valence-electron chi connectivity index (χ2n) is 6.62. The maximum Gasteiger partial charge on any atom is 0.254 e. The van der Waals surface area contributed by atoms with Crippen molar-refractivity contribution in [3.63, 3.8) is 0 Å². The largest absolute Gasteiger partial charge is 0.393 e. The van der Waals surface area contributed by atoms with Gasteiger partial charge in [0.15, 0.2) is 0 Å². The quantitative estimate of drug-likeness (QED) is 0.912. The summed E-state index contributed by atoms with van der Waals surface area (Å²) in [4.78, 5) is 14.9. The number of likely N-dealkylation sites (tertiary alicyclic amines) is 1. The van der Waals surface area contributed by atoms with E-state index in [-0.39, 0.29) is 24.0 Å². The topological polar surface area (TPSA) is 49.8 Å². The van der Waals surface area contributed by atoms with E-state index in [4.69, 9.17) is 4.74 Å². The van der Waals surface area contributed by atoms with Crippen molar-refractivity contribution in [2.45, 2.75) is 45.3 Å². The van der Waals surface area contributed by atoms with E-state index >= 15 is 0 Å². The highest BCUT2D eigenvalue weighted by Gasteiger charge is 2.40. The number of carbonyl (C=O) groups is 1. The second kappa shape index (κ2) is 6.39. The van der Waals surface area contributed by atoms with Crippen molar-refractivity contribution in [3.8, 4) is 0 Å². The number of aliphatic hydroxyl groups is 1. The van der Waals surface area contributed by atoms with Crippen LogP contribution in [0.2, 0.25) is 0 Å². The number of amides is 1. The average molecular weight is 303 g/mol. The monoisotopic (exact) mass is 303 g/mol. The third kappa shape index (κ3) is 2.90. The van der Waals surface area contributed by atoms with Gasteiger partial charge in [0, 0.05) is 30.7 Å². The first-order valence-corrected chi connectivity index (χ1v) is 8.22. The fraction of sp³-hybridized carbons (Fsp3) is 0.611. The first-order chi connectivity index (χ1) is 10.6. The Morgan fingerprint density at radius 3 is 2.91 bits per heavy atom. The molecule has 22 heavy (non-hydrogen) atoms. The van der Waals surface area contributed by atoms with Gasteiger partial charge in [-0.2, -0.15) is 0 Å². The van der Waals surface area contributed by atoms with Crippen molar-refractivity contribution in [2.24, 2.45) is 5.92 Å². The molecule has 4 heteroatoms. The fourth-order valence-electron chi connectivity index (χ4n) is 3.73. The third-order valence-corrected chi connectivity index (χ3v) is 5.04. The van der Waals surface area contributed by atoms with Gasteiger partial charge in [0.1, 0.15) is 0 Å². The van der Waals surface area contributed by atoms with E-state index in [9.17, 15) is 9.90 Å². The standard InChI is InChI=1S/C18H25NO3/c1-12-5-6-13(2)14(10-12)18(21)19-8-3-4-16(19)15-11-22-9-7-17(15)20/h5-6,10,15-17,20H,3-4,7-9,11H2,1-2H3/t15-,16-,17+/m1/s1. The molecule has 1 aromatic carbocycles. The molecule has 0 saturated carbocycles. The van der Waals surface area contributed by atoms with Crippen molar-refractivity contribution < 1.29 is 14.6 Å². The molecule has 0 aromatic heterocycles. The number of hydrogen-bond acceptors (Lipinski definition) is 3. The third-order valence-electron chi connectivity index (χ3n) is 5.04. The smallest absolute Gasteiger partial charge is 0.254 e. The molecule has 2 aliphatic rings. The van der Waals surface area contributed by atoms with Gasteiger partial charge >= 0.3 is 0 Å². The Hall–Kier alpha value is -1.39. The van der Waals surface area contributed by atoms with Gasteiger partial charge in [0.05, 0.1) is 12.7 Å². The number of nitrogens with zero attached hydrogens (tertiary/aromatic N) is 1. The Labute approximate surface area is 132 Å². The predicted octanol–water partition coefficient (Wildman–Crippen LogP) is 2.31. The summed E-state index contributed by atoms with van der Waals surface area (Å²) in [7, 11) is 0. The van der Waals surface area contributed by atoms with E-state index in [0.29, 0.717) is 19.6 Å². The van der Waals surface area contributed by atoms with Crippen LogP contribution < -0.4 is 0 Å². The minimum atomic E-state index is -0.356. The predicted molar refractivity (Wildman–Crippen MR) is 84.9 cm³/mol. The van der Waals surface area contributed by atoms with Gasteiger partial charge in [-0.05, 0) is 44.7 Å². The molecule has 2 heterocycles. The molecule has 0 radical (unpaired) electrons. The van der Waals surface area contributed by atoms with E-state index < -0.39 is 0 Å². The molecule has 3 atom stereocenters. The normalized spacial score (nSPS) is 28.9. The van der Waals surface area contributed by atoms with Gasteiger partial charge in [-0.1, -0.05) is 17.7 Å². The molecule has 1 amide bonds.